The highest BCUT2D eigenvalue weighted by atomic mass is 16.5. The lowest BCUT2D eigenvalue weighted by atomic mass is 9.97. The van der Waals surface area contributed by atoms with Gasteiger partial charge in [0.15, 0.2) is 6.10 Å². The highest BCUT2D eigenvalue weighted by molar-refractivity contribution is 5.94. The Morgan fingerprint density at radius 1 is 1.45 bits per heavy atom. The van der Waals surface area contributed by atoms with Gasteiger partial charge in [-0.15, -0.1) is 0 Å². The molecule has 0 radical (unpaired) electrons. The van der Waals surface area contributed by atoms with E-state index in [0.717, 1.165) is 17.7 Å². The normalized spacial score (nSPS) is 17.6. The summed E-state index contributed by atoms with van der Waals surface area (Å²) in [6.45, 7) is 2.46. The number of nitrogens with one attached hydrogen (secondary N) is 1. The largest absolute Gasteiger partial charge is 0.363 e. The second kappa shape index (κ2) is 5.09. The molecule has 2 heterocycles. The van der Waals surface area contributed by atoms with Crippen molar-refractivity contribution >= 4 is 11.7 Å². The van der Waals surface area contributed by atoms with Gasteiger partial charge in [-0.2, -0.15) is 5.10 Å². The van der Waals surface area contributed by atoms with E-state index < -0.39 is 6.10 Å². The Hall–Kier alpha value is -2.14. The molecule has 104 valence electrons. The van der Waals surface area contributed by atoms with Crippen molar-refractivity contribution in [1.29, 1.82) is 0 Å². The van der Waals surface area contributed by atoms with Crippen molar-refractivity contribution in [2.75, 3.05) is 11.9 Å². The van der Waals surface area contributed by atoms with E-state index in [2.05, 4.69) is 10.4 Å². The van der Waals surface area contributed by atoms with Crippen LogP contribution in [0.3, 0.4) is 0 Å². The molecule has 1 aliphatic rings. The molecule has 20 heavy (non-hydrogen) atoms. The third-order valence-electron chi connectivity index (χ3n) is 3.48. The molecular weight excluding hydrogens is 254 g/mol. The summed E-state index contributed by atoms with van der Waals surface area (Å²) in [5, 5.41) is 7.09. The minimum atomic E-state index is -0.546. The van der Waals surface area contributed by atoms with Crippen LogP contribution >= 0.6 is 0 Å². The van der Waals surface area contributed by atoms with E-state index in [1.54, 1.807) is 11.7 Å². The molecule has 0 aliphatic carbocycles. The Bertz CT molecular complexity index is 648. The second-order valence-corrected chi connectivity index (χ2v) is 4.98. The Labute approximate surface area is 117 Å². The van der Waals surface area contributed by atoms with E-state index in [-0.39, 0.29) is 5.91 Å². The number of carbonyl (C=O) groups excluding carboxylic acids is 1. The van der Waals surface area contributed by atoms with Gasteiger partial charge >= 0.3 is 0 Å². The summed E-state index contributed by atoms with van der Waals surface area (Å²) in [4.78, 5) is 12.4. The molecule has 5 heteroatoms. The topological polar surface area (TPSA) is 56.1 Å². The van der Waals surface area contributed by atoms with Gasteiger partial charge in [-0.25, -0.2) is 0 Å². The molecule has 1 aromatic heterocycles. The number of fused-ring (bicyclic) bond motifs is 1. The Morgan fingerprint density at radius 3 is 3.00 bits per heavy atom. The zero-order chi connectivity index (χ0) is 14.1. The number of nitrogens with zero attached hydrogens (tertiary/aromatic N) is 2. The minimum Gasteiger partial charge on any atom is -0.363 e. The Balaban J connectivity index is 1.83. The molecule has 0 spiro atoms. The molecule has 3 rings (SSSR count). The molecule has 0 saturated carbocycles. The molecule has 1 aliphatic heterocycles. The van der Waals surface area contributed by atoms with Gasteiger partial charge in [-0.1, -0.05) is 24.3 Å². The lowest BCUT2D eigenvalue weighted by Gasteiger charge is -2.25. The maximum atomic E-state index is 12.4. The van der Waals surface area contributed by atoms with Gasteiger partial charge in [-0.3, -0.25) is 9.48 Å². The molecule has 1 unspecified atom stereocenters. The number of rotatable bonds is 2. The number of aryl methyl sites for hydroxylation is 2. The molecule has 1 N–H and O–H groups in total. The van der Waals surface area contributed by atoms with Crippen molar-refractivity contribution in [3.63, 3.8) is 0 Å². The summed E-state index contributed by atoms with van der Waals surface area (Å²) in [6, 6.07) is 9.76. The lowest BCUT2D eigenvalue weighted by Crippen LogP contribution is -2.28. The third-order valence-corrected chi connectivity index (χ3v) is 3.48. The summed E-state index contributed by atoms with van der Waals surface area (Å²) in [7, 11) is 1.80. The molecule has 1 aromatic carbocycles. The molecule has 0 bridgehead atoms. The number of carbonyl (C=O) groups is 1. The van der Waals surface area contributed by atoms with Crippen molar-refractivity contribution in [3.8, 4) is 0 Å². The van der Waals surface area contributed by atoms with Gasteiger partial charge in [-0.05, 0) is 24.5 Å². The van der Waals surface area contributed by atoms with Crippen molar-refractivity contribution in [2.24, 2.45) is 7.05 Å². The van der Waals surface area contributed by atoms with Gasteiger partial charge in [0, 0.05) is 13.1 Å². The maximum Gasteiger partial charge on any atom is 0.259 e. The average molecular weight is 271 g/mol. The predicted molar refractivity (Wildman–Crippen MR) is 75.4 cm³/mol. The van der Waals surface area contributed by atoms with E-state index in [0.29, 0.717) is 12.4 Å². The fourth-order valence-electron chi connectivity index (χ4n) is 2.53. The van der Waals surface area contributed by atoms with Crippen molar-refractivity contribution in [1.82, 2.24) is 9.78 Å². The lowest BCUT2D eigenvalue weighted by molar-refractivity contribution is -0.128. The van der Waals surface area contributed by atoms with Gasteiger partial charge in [0.25, 0.3) is 5.91 Å². The average Bonchev–Trinajstić information content (AvgIpc) is 2.76. The number of amides is 1. The minimum absolute atomic E-state index is 0.153. The highest BCUT2D eigenvalue weighted by Gasteiger charge is 2.27. The van der Waals surface area contributed by atoms with Crippen LogP contribution in [0.4, 0.5) is 5.82 Å². The zero-order valence-corrected chi connectivity index (χ0v) is 11.6. The molecule has 2 aromatic rings. The summed E-state index contributed by atoms with van der Waals surface area (Å²) < 4.78 is 7.30. The monoisotopic (exact) mass is 271 g/mol. The fraction of sp³-hybridized carbons (Fsp3) is 0.333. The van der Waals surface area contributed by atoms with Crippen LogP contribution in [0.5, 0.6) is 0 Å². The number of benzene rings is 1. The molecule has 0 saturated heterocycles. The number of anilines is 1. The Morgan fingerprint density at radius 2 is 2.25 bits per heavy atom. The quantitative estimate of drug-likeness (QED) is 0.908. The van der Waals surface area contributed by atoms with E-state index in [4.69, 9.17) is 4.74 Å². The summed E-state index contributed by atoms with van der Waals surface area (Å²) in [6.07, 6.45) is 0.306. The van der Waals surface area contributed by atoms with Crippen molar-refractivity contribution < 1.29 is 9.53 Å². The van der Waals surface area contributed by atoms with Crippen LogP contribution in [-0.4, -0.2) is 22.3 Å². The first kappa shape index (κ1) is 12.9. The Kier molecular flexibility index (Phi) is 3.28. The molecular formula is C15H17N3O2. The van der Waals surface area contributed by atoms with Crippen LogP contribution < -0.4 is 5.32 Å². The van der Waals surface area contributed by atoms with E-state index in [9.17, 15) is 4.79 Å². The SMILES string of the molecule is Cc1cc(NC(=O)C2OCCc3ccccc32)n(C)n1. The van der Waals surface area contributed by atoms with Gasteiger partial charge in [0.2, 0.25) is 0 Å². The van der Waals surface area contributed by atoms with Crippen LogP contribution in [-0.2, 0) is 23.0 Å². The van der Waals surface area contributed by atoms with Crippen molar-refractivity contribution in [3.05, 3.63) is 47.2 Å². The zero-order valence-electron chi connectivity index (χ0n) is 11.6. The van der Waals surface area contributed by atoms with Gasteiger partial charge in [0.05, 0.1) is 12.3 Å². The van der Waals surface area contributed by atoms with Crippen molar-refractivity contribution in [2.45, 2.75) is 19.4 Å². The van der Waals surface area contributed by atoms with Crippen LogP contribution in [0.15, 0.2) is 30.3 Å². The molecule has 1 atom stereocenters. The predicted octanol–water partition coefficient (Wildman–Crippen LogP) is 1.98. The van der Waals surface area contributed by atoms with Gasteiger partial charge in [0.1, 0.15) is 5.82 Å². The smallest absolute Gasteiger partial charge is 0.259 e. The number of hydrogen-bond acceptors (Lipinski definition) is 3. The number of ether oxygens (including phenoxy) is 1. The standard InChI is InChI=1S/C15H17N3O2/c1-10-9-13(18(2)17-10)16-15(19)14-12-6-4-3-5-11(12)7-8-20-14/h3-6,9,14H,7-8H2,1-2H3,(H,16,19). The first-order valence-electron chi connectivity index (χ1n) is 6.66. The molecule has 5 nitrogen and oxygen atoms in total. The molecule has 1 amide bonds. The van der Waals surface area contributed by atoms with E-state index in [1.807, 2.05) is 37.3 Å². The van der Waals surface area contributed by atoms with E-state index in [1.165, 1.54) is 5.56 Å². The fourth-order valence-corrected chi connectivity index (χ4v) is 2.53. The van der Waals surface area contributed by atoms with Crippen LogP contribution in [0.25, 0.3) is 0 Å². The summed E-state index contributed by atoms with van der Waals surface area (Å²) in [5.41, 5.74) is 3.00. The number of hydrogen-bond donors (Lipinski definition) is 1. The van der Waals surface area contributed by atoms with Gasteiger partial charge < -0.3 is 10.1 Å². The number of aromatic nitrogens is 2. The van der Waals surface area contributed by atoms with Crippen LogP contribution in [0.2, 0.25) is 0 Å². The third kappa shape index (κ3) is 2.32. The van der Waals surface area contributed by atoms with Crippen LogP contribution in [0.1, 0.15) is 22.9 Å². The summed E-state index contributed by atoms with van der Waals surface area (Å²) in [5.74, 6) is 0.527. The first-order chi connectivity index (χ1) is 9.65. The summed E-state index contributed by atoms with van der Waals surface area (Å²) >= 11 is 0. The second-order valence-electron chi connectivity index (χ2n) is 4.98. The molecule has 0 fully saturated rings. The highest BCUT2D eigenvalue weighted by Crippen LogP contribution is 2.28. The maximum absolute atomic E-state index is 12.4. The van der Waals surface area contributed by atoms with Crippen LogP contribution in [0, 0.1) is 6.92 Å². The van der Waals surface area contributed by atoms with E-state index >= 15 is 0 Å². The first-order valence-corrected chi connectivity index (χ1v) is 6.66.